The van der Waals surface area contributed by atoms with Crippen LogP contribution in [0.3, 0.4) is 0 Å². The highest BCUT2D eigenvalue weighted by Gasteiger charge is 2.56. The first-order chi connectivity index (χ1) is 14.1. The van der Waals surface area contributed by atoms with Gasteiger partial charge in [0.05, 0.1) is 5.57 Å². The molecule has 2 aliphatic rings. The smallest absolute Gasteiger partial charge is 0.393 e. The van der Waals surface area contributed by atoms with Crippen LogP contribution in [0.15, 0.2) is 35.0 Å². The molecule has 0 saturated carbocycles. The van der Waals surface area contributed by atoms with Crippen LogP contribution >= 0.6 is 11.6 Å². The molecule has 0 spiro atoms. The molecule has 2 nitrogen and oxygen atoms in total. The number of hydrogen-bond acceptors (Lipinski definition) is 0. The van der Waals surface area contributed by atoms with Crippen LogP contribution in [0.25, 0.3) is 5.57 Å². The number of allylic oxidation sites excluding steroid dienone is 2. The molecule has 0 unspecified atom stereocenters. The molecule has 1 aromatic carbocycles. The van der Waals surface area contributed by atoms with Gasteiger partial charge in [0, 0.05) is 34.3 Å². The van der Waals surface area contributed by atoms with E-state index < -0.39 is 6.97 Å². The summed E-state index contributed by atoms with van der Waals surface area (Å²) in [5.41, 5.74) is 9.01. The van der Waals surface area contributed by atoms with E-state index in [4.69, 9.17) is 11.6 Å². The molecule has 1 aromatic heterocycles. The predicted molar refractivity (Wildman–Crippen MR) is 123 cm³/mol. The molecular weight excluding hydrogens is 401 g/mol. The second-order valence-corrected chi connectivity index (χ2v) is 8.82. The highest BCUT2D eigenvalue weighted by Crippen LogP contribution is 2.48. The van der Waals surface area contributed by atoms with Gasteiger partial charge < -0.3 is 17.6 Å². The van der Waals surface area contributed by atoms with Crippen molar-refractivity contribution in [1.29, 1.82) is 0 Å². The maximum absolute atomic E-state index is 16.2. The molecule has 0 radical (unpaired) electrons. The maximum Gasteiger partial charge on any atom is 0.737 e. The van der Waals surface area contributed by atoms with E-state index in [1.165, 1.54) is 8.96 Å². The van der Waals surface area contributed by atoms with Crippen LogP contribution in [-0.2, 0) is 6.42 Å². The molecule has 0 N–H and O–H groups in total. The van der Waals surface area contributed by atoms with Crippen LogP contribution in [0.1, 0.15) is 67.8 Å². The monoisotopic (exact) mass is 428 g/mol. The number of aromatic nitrogens is 1. The minimum atomic E-state index is -4.01. The zero-order valence-corrected chi connectivity index (χ0v) is 19.5. The molecule has 4 rings (SSSR count). The SMILES string of the molecule is CCC1=C(C)C2=C(c3c(C)cccc3Cl)c3c(C)c(CC)c(C)n3[B-](F)(F)[N+]2=C1C. The fourth-order valence-electron chi connectivity index (χ4n) is 5.66. The van der Waals surface area contributed by atoms with Gasteiger partial charge in [0.15, 0.2) is 5.70 Å². The summed E-state index contributed by atoms with van der Waals surface area (Å²) in [7, 11) is 0. The molecule has 158 valence electrons. The van der Waals surface area contributed by atoms with Crippen molar-refractivity contribution >= 4 is 29.9 Å². The Morgan fingerprint density at radius 3 is 2.27 bits per heavy atom. The molecule has 2 aliphatic heterocycles. The van der Waals surface area contributed by atoms with Crippen molar-refractivity contribution in [3.63, 3.8) is 0 Å². The Labute approximate surface area is 182 Å². The minimum absolute atomic E-state index is 0.591. The Balaban J connectivity index is 2.29. The van der Waals surface area contributed by atoms with Crippen molar-refractivity contribution in [2.45, 2.75) is 61.3 Å². The second-order valence-electron chi connectivity index (χ2n) is 8.42. The summed E-state index contributed by atoms with van der Waals surface area (Å²) in [5, 5.41) is 0.591. The fourth-order valence-corrected chi connectivity index (χ4v) is 5.98. The third-order valence-corrected chi connectivity index (χ3v) is 7.28. The van der Waals surface area contributed by atoms with Crippen molar-refractivity contribution in [1.82, 2.24) is 4.48 Å². The van der Waals surface area contributed by atoms with Gasteiger partial charge in [0.25, 0.3) is 0 Å². The van der Waals surface area contributed by atoms with Crippen molar-refractivity contribution < 1.29 is 13.1 Å². The molecule has 0 bridgehead atoms. The fraction of sp³-hybridized carbons (Fsp3) is 0.375. The van der Waals surface area contributed by atoms with Crippen LogP contribution in [0, 0.1) is 20.8 Å². The summed E-state index contributed by atoms with van der Waals surface area (Å²) in [6.45, 7) is 9.62. The first-order valence-corrected chi connectivity index (χ1v) is 11.0. The van der Waals surface area contributed by atoms with Crippen molar-refractivity contribution in [3.05, 3.63) is 73.7 Å². The average molecular weight is 429 g/mol. The summed E-state index contributed by atoms with van der Waals surface area (Å²) < 4.78 is 35.0. The number of fused-ring (bicyclic) bond motifs is 2. The zero-order valence-electron chi connectivity index (χ0n) is 18.8. The summed E-state index contributed by atoms with van der Waals surface area (Å²) >= 11 is 6.71. The molecule has 6 heteroatoms. The number of benzene rings is 1. The van der Waals surface area contributed by atoms with Crippen LogP contribution in [0.4, 0.5) is 8.63 Å². The van der Waals surface area contributed by atoms with E-state index >= 15 is 8.63 Å². The Morgan fingerprint density at radius 2 is 1.70 bits per heavy atom. The third kappa shape index (κ3) is 2.51. The van der Waals surface area contributed by atoms with Gasteiger partial charge in [-0.1, -0.05) is 37.6 Å². The Kier molecular flexibility index (Phi) is 4.89. The molecular formula is C24H28BClF2N2. The Bertz CT molecular complexity index is 1180. The Hall–Kier alpha value is -2.14. The maximum atomic E-state index is 16.2. The number of hydrogen-bond donors (Lipinski definition) is 0. The third-order valence-electron chi connectivity index (χ3n) is 6.97. The van der Waals surface area contributed by atoms with Gasteiger partial charge in [-0.3, -0.25) is 0 Å². The van der Waals surface area contributed by atoms with Gasteiger partial charge in [0.1, 0.15) is 5.71 Å². The second kappa shape index (κ2) is 6.95. The zero-order chi connectivity index (χ0) is 22.1. The van der Waals surface area contributed by atoms with E-state index in [2.05, 4.69) is 0 Å². The highest BCUT2D eigenvalue weighted by atomic mass is 35.5. The lowest BCUT2D eigenvalue weighted by molar-refractivity contribution is -0.363. The number of nitrogens with zero attached hydrogens (tertiary/aromatic N) is 2. The van der Waals surface area contributed by atoms with Gasteiger partial charge in [0.2, 0.25) is 0 Å². The van der Waals surface area contributed by atoms with Crippen LogP contribution in [0.5, 0.6) is 0 Å². The summed E-state index contributed by atoms with van der Waals surface area (Å²) in [6.07, 6.45) is 1.43. The van der Waals surface area contributed by atoms with Gasteiger partial charge in [-0.15, -0.1) is 0 Å². The summed E-state index contributed by atoms with van der Waals surface area (Å²) in [5.74, 6) is 0. The number of halogens is 3. The standard InChI is InChI=1S/C24H28BClF2N2/c1-8-18-14(4)23-22(21-13(3)11-10-12-20(21)26)24-15(5)19(9-2)17(7)30(24)25(27,28)29(23)16(18)6/h10-12H,8-9H2,1-7H3. The topological polar surface area (TPSA) is 7.94 Å². The normalized spacial score (nSPS) is 17.8. The van der Waals surface area contributed by atoms with Crippen molar-refractivity contribution in [2.24, 2.45) is 0 Å². The molecule has 0 aliphatic carbocycles. The van der Waals surface area contributed by atoms with Crippen LogP contribution in [-0.4, -0.2) is 21.6 Å². The van der Waals surface area contributed by atoms with Gasteiger partial charge in [-0.25, -0.2) is 0 Å². The minimum Gasteiger partial charge on any atom is -0.393 e. The van der Waals surface area contributed by atoms with E-state index in [1.807, 2.05) is 66.7 Å². The average Bonchev–Trinajstić information content (AvgIpc) is 3.08. The Morgan fingerprint density at radius 1 is 1.03 bits per heavy atom. The molecule has 0 fully saturated rings. The lowest BCUT2D eigenvalue weighted by atomic mass is 9.82. The molecule has 0 saturated heterocycles. The van der Waals surface area contributed by atoms with Crippen LogP contribution < -0.4 is 0 Å². The van der Waals surface area contributed by atoms with Crippen molar-refractivity contribution in [2.75, 3.05) is 0 Å². The predicted octanol–water partition coefficient (Wildman–Crippen LogP) is 6.84. The van der Waals surface area contributed by atoms with Crippen molar-refractivity contribution in [3.8, 4) is 0 Å². The van der Waals surface area contributed by atoms with E-state index in [9.17, 15) is 0 Å². The van der Waals surface area contributed by atoms with E-state index in [-0.39, 0.29) is 0 Å². The molecule has 2 aromatic rings. The van der Waals surface area contributed by atoms with E-state index in [0.717, 1.165) is 39.0 Å². The largest absolute Gasteiger partial charge is 0.737 e. The summed E-state index contributed by atoms with van der Waals surface area (Å²) in [6, 6.07) is 5.76. The van der Waals surface area contributed by atoms with Gasteiger partial charge in [-0.2, -0.15) is 0 Å². The molecule has 30 heavy (non-hydrogen) atoms. The number of aryl methyl sites for hydroxylation is 1. The molecule has 0 atom stereocenters. The number of rotatable bonds is 3. The first kappa shape index (κ1) is 21.1. The quantitative estimate of drug-likeness (QED) is 0.473. The van der Waals surface area contributed by atoms with Gasteiger partial charge >= 0.3 is 6.97 Å². The lowest BCUT2D eigenvalue weighted by Crippen LogP contribution is -2.51. The van der Waals surface area contributed by atoms with Gasteiger partial charge in [-0.05, 0) is 69.0 Å². The molecule has 0 amide bonds. The van der Waals surface area contributed by atoms with E-state index in [1.54, 1.807) is 0 Å². The van der Waals surface area contributed by atoms with E-state index in [0.29, 0.717) is 40.7 Å². The summed E-state index contributed by atoms with van der Waals surface area (Å²) in [4.78, 5) is 0. The molecule has 3 heterocycles. The first-order valence-electron chi connectivity index (χ1n) is 10.7. The highest BCUT2D eigenvalue weighted by molar-refractivity contribution is 6.58. The van der Waals surface area contributed by atoms with Crippen LogP contribution in [0.2, 0.25) is 5.02 Å². The lowest BCUT2D eigenvalue weighted by Gasteiger charge is -2.34.